The number of nitrogens with one attached hydrogen (secondary N) is 1. The normalized spacial score (nSPS) is 15.2. The van der Waals surface area contributed by atoms with Gasteiger partial charge in [-0.25, -0.2) is 0 Å². The fourth-order valence-electron chi connectivity index (χ4n) is 2.89. The van der Waals surface area contributed by atoms with Crippen molar-refractivity contribution in [2.75, 3.05) is 13.2 Å². The molecule has 0 aliphatic carbocycles. The molecule has 1 atom stereocenters. The molecule has 1 aliphatic heterocycles. The molecule has 4 rings (SSSR count). The van der Waals surface area contributed by atoms with Crippen LogP contribution in [0.3, 0.4) is 0 Å². The number of benzene rings is 2. The average molecular weight is 379 g/mol. The molecule has 1 aliphatic rings. The van der Waals surface area contributed by atoms with E-state index >= 15 is 0 Å². The van der Waals surface area contributed by atoms with Gasteiger partial charge in [0.15, 0.2) is 11.5 Å². The van der Waals surface area contributed by atoms with E-state index in [0.717, 1.165) is 17.7 Å². The van der Waals surface area contributed by atoms with E-state index in [9.17, 15) is 4.79 Å². The van der Waals surface area contributed by atoms with Gasteiger partial charge in [-0.3, -0.25) is 4.79 Å². The summed E-state index contributed by atoms with van der Waals surface area (Å²) in [5.41, 5.74) is 2.11. The number of aryl methyl sites for hydroxylation is 1. The van der Waals surface area contributed by atoms with Crippen LogP contribution in [-0.4, -0.2) is 45.4 Å². The maximum atomic E-state index is 12.2. The van der Waals surface area contributed by atoms with E-state index in [0.29, 0.717) is 24.7 Å². The number of fused-ring (bicyclic) bond motifs is 1. The quantitative estimate of drug-likeness (QED) is 0.703. The number of rotatable bonds is 6. The monoisotopic (exact) mass is 379 g/mol. The van der Waals surface area contributed by atoms with Crippen LogP contribution in [0.2, 0.25) is 0 Å². The third-order valence-electron chi connectivity index (χ3n) is 4.45. The Morgan fingerprint density at radius 1 is 1.18 bits per heavy atom. The molecule has 1 amide bonds. The van der Waals surface area contributed by atoms with Crippen molar-refractivity contribution in [1.82, 2.24) is 25.5 Å². The van der Waals surface area contributed by atoms with Gasteiger partial charge in [0.1, 0.15) is 19.3 Å². The summed E-state index contributed by atoms with van der Waals surface area (Å²) in [6.07, 6.45) is 0.734. The molecule has 0 saturated carbocycles. The highest BCUT2D eigenvalue weighted by Gasteiger charge is 2.21. The first-order chi connectivity index (χ1) is 13.7. The fourth-order valence-corrected chi connectivity index (χ4v) is 2.89. The Kier molecular flexibility index (Phi) is 5.18. The summed E-state index contributed by atoms with van der Waals surface area (Å²) in [6.45, 7) is 2.82. The van der Waals surface area contributed by atoms with E-state index in [1.807, 2.05) is 48.5 Å². The zero-order valence-electron chi connectivity index (χ0n) is 15.5. The molecule has 1 N–H and O–H groups in total. The van der Waals surface area contributed by atoms with Gasteiger partial charge in [0.2, 0.25) is 11.7 Å². The molecule has 8 nitrogen and oxygen atoms in total. The first kappa shape index (κ1) is 18.0. The number of hydrogen-bond donors (Lipinski definition) is 1. The van der Waals surface area contributed by atoms with E-state index in [1.54, 1.807) is 0 Å². The standard InChI is InChI=1S/C20H21N5O3/c1-2-14-7-9-15(10-8-14)20-22-24-25(23-20)12-19(26)21-11-16-13-27-17-5-3-4-6-18(17)28-16/h3-10,16H,2,11-13H2,1H3,(H,21,26)/t16-/m0/s1. The molecule has 2 heterocycles. The van der Waals surface area contributed by atoms with Gasteiger partial charge >= 0.3 is 0 Å². The maximum absolute atomic E-state index is 12.2. The van der Waals surface area contributed by atoms with Crippen LogP contribution < -0.4 is 14.8 Å². The van der Waals surface area contributed by atoms with Gasteiger partial charge in [0, 0.05) is 5.56 Å². The van der Waals surface area contributed by atoms with Crippen molar-refractivity contribution in [2.45, 2.75) is 26.0 Å². The van der Waals surface area contributed by atoms with Crippen molar-refractivity contribution < 1.29 is 14.3 Å². The van der Waals surface area contributed by atoms with Gasteiger partial charge in [-0.05, 0) is 29.3 Å². The lowest BCUT2D eigenvalue weighted by Crippen LogP contribution is -2.41. The third-order valence-corrected chi connectivity index (χ3v) is 4.45. The van der Waals surface area contributed by atoms with E-state index in [1.165, 1.54) is 10.4 Å². The zero-order valence-corrected chi connectivity index (χ0v) is 15.5. The lowest BCUT2D eigenvalue weighted by molar-refractivity contribution is -0.122. The summed E-state index contributed by atoms with van der Waals surface area (Å²) in [5.74, 6) is 1.69. The first-order valence-corrected chi connectivity index (χ1v) is 9.23. The molecule has 0 radical (unpaired) electrons. The molecule has 1 aromatic heterocycles. The molecular formula is C20H21N5O3. The molecule has 2 aromatic carbocycles. The lowest BCUT2D eigenvalue weighted by Gasteiger charge is -2.26. The minimum absolute atomic E-state index is 0.00971. The van der Waals surface area contributed by atoms with Gasteiger partial charge in [-0.15, -0.1) is 10.2 Å². The van der Waals surface area contributed by atoms with Crippen LogP contribution in [-0.2, 0) is 17.8 Å². The third kappa shape index (κ3) is 4.11. The second kappa shape index (κ2) is 8.08. The van der Waals surface area contributed by atoms with Gasteiger partial charge in [-0.1, -0.05) is 43.3 Å². The molecule has 0 bridgehead atoms. The fraction of sp³-hybridized carbons (Fsp3) is 0.300. The maximum Gasteiger partial charge on any atom is 0.243 e. The van der Waals surface area contributed by atoms with Crippen LogP contribution in [0, 0.1) is 0 Å². The van der Waals surface area contributed by atoms with Crippen LogP contribution in [0.15, 0.2) is 48.5 Å². The Bertz CT molecular complexity index is 954. The lowest BCUT2D eigenvalue weighted by atomic mass is 10.1. The highest BCUT2D eigenvalue weighted by Crippen LogP contribution is 2.30. The van der Waals surface area contributed by atoms with E-state index in [2.05, 4.69) is 27.7 Å². The molecule has 0 saturated heterocycles. The highest BCUT2D eigenvalue weighted by atomic mass is 16.6. The van der Waals surface area contributed by atoms with Crippen LogP contribution in [0.5, 0.6) is 11.5 Å². The Balaban J connectivity index is 1.29. The summed E-state index contributed by atoms with van der Waals surface area (Å²) >= 11 is 0. The number of ether oxygens (including phenoxy) is 2. The summed E-state index contributed by atoms with van der Waals surface area (Å²) in [7, 11) is 0. The average Bonchev–Trinajstić information content (AvgIpc) is 3.20. The number of aromatic nitrogens is 4. The molecule has 0 fully saturated rings. The summed E-state index contributed by atoms with van der Waals surface area (Å²) < 4.78 is 11.5. The van der Waals surface area contributed by atoms with Gasteiger partial charge < -0.3 is 14.8 Å². The SMILES string of the molecule is CCc1ccc(-c2nnn(CC(=O)NC[C@H]3COc4ccccc4O3)n2)cc1. The van der Waals surface area contributed by atoms with Gasteiger partial charge in [0.25, 0.3) is 0 Å². The van der Waals surface area contributed by atoms with E-state index < -0.39 is 0 Å². The largest absolute Gasteiger partial charge is 0.486 e. The van der Waals surface area contributed by atoms with Crippen molar-refractivity contribution >= 4 is 5.91 Å². The second-order valence-electron chi connectivity index (χ2n) is 6.50. The van der Waals surface area contributed by atoms with Crippen molar-refractivity contribution in [2.24, 2.45) is 0 Å². The van der Waals surface area contributed by atoms with Crippen molar-refractivity contribution in [3.05, 3.63) is 54.1 Å². The Labute approximate surface area is 162 Å². The molecule has 28 heavy (non-hydrogen) atoms. The summed E-state index contributed by atoms with van der Waals surface area (Å²) in [6, 6.07) is 15.5. The number of carbonyl (C=O) groups excluding carboxylic acids is 1. The van der Waals surface area contributed by atoms with E-state index in [4.69, 9.17) is 9.47 Å². The van der Waals surface area contributed by atoms with Gasteiger partial charge in [0.05, 0.1) is 6.54 Å². The number of nitrogens with zero attached hydrogens (tertiary/aromatic N) is 4. The van der Waals surface area contributed by atoms with E-state index in [-0.39, 0.29) is 18.6 Å². The summed E-state index contributed by atoms with van der Waals surface area (Å²) in [4.78, 5) is 13.5. The minimum Gasteiger partial charge on any atom is -0.486 e. The minimum atomic E-state index is -0.241. The molecule has 0 spiro atoms. The molecular weight excluding hydrogens is 358 g/mol. The number of hydrogen-bond acceptors (Lipinski definition) is 6. The zero-order chi connectivity index (χ0) is 19.3. The number of para-hydroxylation sites is 2. The molecule has 144 valence electrons. The van der Waals surface area contributed by atoms with Crippen LogP contribution in [0.25, 0.3) is 11.4 Å². The van der Waals surface area contributed by atoms with Crippen LogP contribution in [0.4, 0.5) is 0 Å². The van der Waals surface area contributed by atoms with Crippen molar-refractivity contribution in [3.8, 4) is 22.9 Å². The van der Waals surface area contributed by atoms with Crippen molar-refractivity contribution in [1.29, 1.82) is 0 Å². The number of carbonyl (C=O) groups is 1. The van der Waals surface area contributed by atoms with Gasteiger partial charge in [-0.2, -0.15) is 4.80 Å². The van der Waals surface area contributed by atoms with Crippen LogP contribution in [0.1, 0.15) is 12.5 Å². The highest BCUT2D eigenvalue weighted by molar-refractivity contribution is 5.75. The molecule has 0 unspecified atom stereocenters. The Hall–Kier alpha value is -3.42. The second-order valence-corrected chi connectivity index (χ2v) is 6.50. The molecule has 8 heteroatoms. The first-order valence-electron chi connectivity index (χ1n) is 9.23. The molecule has 3 aromatic rings. The predicted octanol–water partition coefficient (Wildman–Crippen LogP) is 1.86. The summed E-state index contributed by atoms with van der Waals surface area (Å²) in [5, 5.41) is 15.1. The smallest absolute Gasteiger partial charge is 0.243 e. The van der Waals surface area contributed by atoms with Crippen LogP contribution >= 0.6 is 0 Å². The topological polar surface area (TPSA) is 91.2 Å². The number of tetrazole rings is 1. The van der Waals surface area contributed by atoms with Crippen molar-refractivity contribution in [3.63, 3.8) is 0 Å². The number of amides is 1. The Morgan fingerprint density at radius 3 is 2.75 bits per heavy atom. The Morgan fingerprint density at radius 2 is 1.96 bits per heavy atom. The predicted molar refractivity (Wildman–Crippen MR) is 102 cm³/mol.